The lowest BCUT2D eigenvalue weighted by Crippen LogP contribution is -2.10. The molecule has 1 aromatic carbocycles. The number of rotatable bonds is 6. The van der Waals surface area contributed by atoms with Crippen molar-refractivity contribution in [1.82, 2.24) is 14.8 Å². The van der Waals surface area contributed by atoms with Gasteiger partial charge in [-0.25, -0.2) is 0 Å². The van der Waals surface area contributed by atoms with Crippen molar-refractivity contribution in [2.24, 2.45) is 7.05 Å². The molecule has 0 spiro atoms. The lowest BCUT2D eigenvalue weighted by atomic mass is 10.2. The number of nitrogen functional groups attached to an aromatic ring is 1. The van der Waals surface area contributed by atoms with Crippen molar-refractivity contribution in [3.05, 3.63) is 24.3 Å². The predicted molar refractivity (Wildman–Crippen MR) is 77.2 cm³/mol. The second-order valence-corrected chi connectivity index (χ2v) is 4.33. The van der Waals surface area contributed by atoms with Gasteiger partial charge < -0.3 is 25.1 Å². The number of nitrogens with two attached hydrogens (primary N) is 1. The molecule has 7 heteroatoms. The molecule has 0 aliphatic rings. The number of benzene rings is 1. The Morgan fingerprint density at radius 2 is 1.95 bits per heavy atom. The molecule has 0 saturated carbocycles. The number of ether oxygens (including phenoxy) is 2. The molecular formula is C13H19N5O2. The topological polar surface area (TPSA) is 87.2 Å². The van der Waals surface area contributed by atoms with Gasteiger partial charge in [0.15, 0.2) is 11.5 Å². The highest BCUT2D eigenvalue weighted by Gasteiger charge is 2.09. The molecule has 0 radical (unpaired) electrons. The van der Waals surface area contributed by atoms with Crippen LogP contribution < -0.4 is 20.5 Å². The van der Waals surface area contributed by atoms with Crippen LogP contribution in [0.2, 0.25) is 0 Å². The number of nitrogens with zero attached hydrogens (tertiary/aromatic N) is 3. The molecule has 0 bridgehead atoms. The molecule has 2 rings (SSSR count). The lowest BCUT2D eigenvalue weighted by Gasteiger charge is -2.13. The van der Waals surface area contributed by atoms with Crippen LogP contribution in [0.4, 0.5) is 11.4 Å². The van der Waals surface area contributed by atoms with Crippen LogP contribution >= 0.6 is 0 Å². The summed E-state index contributed by atoms with van der Waals surface area (Å²) >= 11 is 0. The maximum Gasteiger partial charge on any atom is 0.162 e. The number of aromatic nitrogens is 3. The summed E-state index contributed by atoms with van der Waals surface area (Å²) in [4.78, 5) is 0. The summed E-state index contributed by atoms with van der Waals surface area (Å²) in [5.41, 5.74) is 7.40. The first-order chi connectivity index (χ1) is 9.65. The molecule has 7 nitrogen and oxygen atoms in total. The first-order valence-corrected chi connectivity index (χ1v) is 6.24. The summed E-state index contributed by atoms with van der Waals surface area (Å²) in [7, 11) is 5.09. The van der Waals surface area contributed by atoms with Crippen molar-refractivity contribution < 1.29 is 9.47 Å². The van der Waals surface area contributed by atoms with Crippen LogP contribution in [-0.2, 0) is 13.5 Å². The zero-order valence-corrected chi connectivity index (χ0v) is 11.9. The van der Waals surface area contributed by atoms with Crippen molar-refractivity contribution in [3.8, 4) is 11.5 Å². The van der Waals surface area contributed by atoms with E-state index in [0.29, 0.717) is 23.7 Å². The molecule has 0 amide bonds. The Balaban J connectivity index is 2.04. The van der Waals surface area contributed by atoms with Crippen LogP contribution in [0.1, 0.15) is 5.82 Å². The van der Waals surface area contributed by atoms with Crippen LogP contribution in [0.5, 0.6) is 11.5 Å². The number of hydrogen-bond acceptors (Lipinski definition) is 6. The third-order valence-corrected chi connectivity index (χ3v) is 3.02. The summed E-state index contributed by atoms with van der Waals surface area (Å²) in [6, 6.07) is 3.56. The fourth-order valence-electron chi connectivity index (χ4n) is 1.89. The fourth-order valence-corrected chi connectivity index (χ4v) is 1.89. The summed E-state index contributed by atoms with van der Waals surface area (Å²) in [5, 5.41) is 11.1. The van der Waals surface area contributed by atoms with E-state index in [0.717, 1.165) is 17.9 Å². The van der Waals surface area contributed by atoms with Gasteiger partial charge in [-0.1, -0.05) is 0 Å². The lowest BCUT2D eigenvalue weighted by molar-refractivity contribution is 0.355. The largest absolute Gasteiger partial charge is 0.493 e. The first kappa shape index (κ1) is 14.0. The van der Waals surface area contributed by atoms with Crippen LogP contribution in [0.3, 0.4) is 0 Å². The van der Waals surface area contributed by atoms with E-state index >= 15 is 0 Å². The van der Waals surface area contributed by atoms with Crippen LogP contribution in [-0.4, -0.2) is 35.5 Å². The molecule has 2 aromatic rings. The van der Waals surface area contributed by atoms with Gasteiger partial charge in [0.1, 0.15) is 12.2 Å². The Hall–Kier alpha value is -2.44. The van der Waals surface area contributed by atoms with E-state index in [1.165, 1.54) is 0 Å². The SMILES string of the molecule is COc1cc(N)c(NCCc2nncn2C)cc1OC. The van der Waals surface area contributed by atoms with Crippen molar-refractivity contribution in [3.63, 3.8) is 0 Å². The second-order valence-electron chi connectivity index (χ2n) is 4.33. The van der Waals surface area contributed by atoms with Gasteiger partial charge in [-0.15, -0.1) is 10.2 Å². The van der Waals surface area contributed by atoms with Crippen molar-refractivity contribution >= 4 is 11.4 Å². The Labute approximate surface area is 117 Å². The third-order valence-electron chi connectivity index (χ3n) is 3.02. The smallest absolute Gasteiger partial charge is 0.162 e. The minimum Gasteiger partial charge on any atom is -0.493 e. The Kier molecular flexibility index (Phi) is 4.29. The molecule has 0 atom stereocenters. The van der Waals surface area contributed by atoms with Crippen LogP contribution in [0, 0.1) is 0 Å². The van der Waals surface area contributed by atoms with Gasteiger partial charge in [0.25, 0.3) is 0 Å². The van der Waals surface area contributed by atoms with Crippen molar-refractivity contribution in [2.45, 2.75) is 6.42 Å². The van der Waals surface area contributed by atoms with E-state index in [1.807, 2.05) is 17.7 Å². The highest BCUT2D eigenvalue weighted by Crippen LogP contribution is 2.34. The van der Waals surface area contributed by atoms with Crippen molar-refractivity contribution in [1.29, 1.82) is 0 Å². The molecule has 0 fully saturated rings. The molecule has 20 heavy (non-hydrogen) atoms. The van der Waals surface area contributed by atoms with Crippen LogP contribution in [0.15, 0.2) is 18.5 Å². The summed E-state index contributed by atoms with van der Waals surface area (Å²) in [6.07, 6.45) is 2.43. The Bertz CT molecular complexity index is 582. The van der Waals surface area contributed by atoms with Gasteiger partial charge in [0, 0.05) is 32.1 Å². The van der Waals surface area contributed by atoms with Gasteiger partial charge in [0.05, 0.1) is 25.6 Å². The predicted octanol–water partition coefficient (Wildman–Crippen LogP) is 1.07. The summed E-state index contributed by atoms with van der Waals surface area (Å²) < 4.78 is 12.3. The molecule has 108 valence electrons. The molecule has 0 unspecified atom stereocenters. The average molecular weight is 277 g/mol. The number of nitrogens with one attached hydrogen (secondary N) is 1. The van der Waals surface area contributed by atoms with E-state index < -0.39 is 0 Å². The standard InChI is InChI=1S/C13H19N5O2/c1-18-8-16-17-13(18)4-5-15-10-7-12(20-3)11(19-2)6-9(10)14/h6-8,15H,4-5,14H2,1-3H3. The molecule has 1 heterocycles. The zero-order valence-electron chi connectivity index (χ0n) is 11.9. The minimum absolute atomic E-state index is 0.612. The molecule has 0 aliphatic heterocycles. The highest BCUT2D eigenvalue weighted by molar-refractivity contribution is 5.72. The molecule has 0 saturated heterocycles. The summed E-state index contributed by atoms with van der Waals surface area (Å²) in [5.74, 6) is 2.17. The zero-order chi connectivity index (χ0) is 14.5. The quantitative estimate of drug-likeness (QED) is 0.768. The molecule has 0 aliphatic carbocycles. The molecule has 1 aromatic heterocycles. The van der Waals surface area contributed by atoms with Gasteiger partial charge in [-0.3, -0.25) is 0 Å². The van der Waals surface area contributed by atoms with Crippen molar-refractivity contribution in [2.75, 3.05) is 31.8 Å². The van der Waals surface area contributed by atoms with Crippen LogP contribution in [0.25, 0.3) is 0 Å². The van der Waals surface area contributed by atoms with Gasteiger partial charge in [-0.2, -0.15) is 0 Å². The van der Waals surface area contributed by atoms with E-state index in [2.05, 4.69) is 15.5 Å². The molecular weight excluding hydrogens is 258 g/mol. The van der Waals surface area contributed by atoms with E-state index in [9.17, 15) is 0 Å². The van der Waals surface area contributed by atoms with E-state index in [4.69, 9.17) is 15.2 Å². The van der Waals surface area contributed by atoms with Gasteiger partial charge in [-0.05, 0) is 0 Å². The monoisotopic (exact) mass is 277 g/mol. The van der Waals surface area contributed by atoms with Gasteiger partial charge >= 0.3 is 0 Å². The third kappa shape index (κ3) is 2.93. The Morgan fingerprint density at radius 1 is 1.25 bits per heavy atom. The minimum atomic E-state index is 0.612. The number of methoxy groups -OCH3 is 2. The first-order valence-electron chi connectivity index (χ1n) is 6.24. The maximum absolute atomic E-state index is 5.98. The molecule has 3 N–H and O–H groups in total. The number of hydrogen-bond donors (Lipinski definition) is 2. The fraction of sp³-hybridized carbons (Fsp3) is 0.385. The number of anilines is 2. The van der Waals surface area contributed by atoms with E-state index in [-0.39, 0.29) is 0 Å². The summed E-state index contributed by atoms with van der Waals surface area (Å²) in [6.45, 7) is 0.701. The average Bonchev–Trinajstić information content (AvgIpc) is 2.85. The highest BCUT2D eigenvalue weighted by atomic mass is 16.5. The number of aryl methyl sites for hydroxylation is 1. The maximum atomic E-state index is 5.98. The second kappa shape index (κ2) is 6.14. The Morgan fingerprint density at radius 3 is 2.55 bits per heavy atom. The normalized spacial score (nSPS) is 10.3. The van der Waals surface area contributed by atoms with E-state index in [1.54, 1.807) is 26.6 Å². The van der Waals surface area contributed by atoms with Gasteiger partial charge in [0.2, 0.25) is 0 Å².